The van der Waals surface area contributed by atoms with Gasteiger partial charge in [-0.3, -0.25) is 10.1 Å². The summed E-state index contributed by atoms with van der Waals surface area (Å²) in [6, 6.07) is 11.3. The fourth-order valence-corrected chi connectivity index (χ4v) is 6.57. The molecule has 10 nitrogen and oxygen atoms in total. The maximum atomic E-state index is 12.8. The highest BCUT2D eigenvalue weighted by Crippen LogP contribution is 2.39. The second-order valence-electron chi connectivity index (χ2n) is 6.80. The largest absolute Gasteiger partial charge is 0.495 e. The van der Waals surface area contributed by atoms with Crippen LogP contribution < -0.4 is 10.1 Å². The standard InChI is InChI=1S/C19H19N5O5S3/c1-29-16-7-3-2-6-14(16)20-18-21-22-19(31-18)30-17-9-8-13(12-15(17)24(25)26)32(27,28)23-10-4-5-11-23/h2-3,6-9,12H,4-5,10-11H2,1H3,(H,20,21). The van der Waals surface area contributed by atoms with Gasteiger partial charge in [0, 0.05) is 19.2 Å². The SMILES string of the molecule is COc1ccccc1Nc1nnc(Sc2ccc(S(=O)(=O)N3CCCC3)cc2[N+](=O)[O-])s1. The van der Waals surface area contributed by atoms with E-state index in [9.17, 15) is 18.5 Å². The second kappa shape index (κ2) is 9.40. The van der Waals surface area contributed by atoms with Crippen LogP contribution in [0, 0.1) is 10.1 Å². The number of aromatic nitrogens is 2. The van der Waals surface area contributed by atoms with E-state index in [0.29, 0.717) is 34.0 Å². The minimum absolute atomic E-state index is 0.0776. The van der Waals surface area contributed by atoms with Gasteiger partial charge in [0.1, 0.15) is 5.75 Å². The Morgan fingerprint density at radius 1 is 1.19 bits per heavy atom. The van der Waals surface area contributed by atoms with E-state index in [4.69, 9.17) is 4.74 Å². The van der Waals surface area contributed by atoms with Crippen LogP contribution in [0.2, 0.25) is 0 Å². The van der Waals surface area contributed by atoms with Crippen molar-refractivity contribution in [2.75, 3.05) is 25.5 Å². The highest BCUT2D eigenvalue weighted by molar-refractivity contribution is 8.01. The lowest BCUT2D eigenvalue weighted by molar-refractivity contribution is -0.388. The molecule has 1 saturated heterocycles. The van der Waals surface area contributed by atoms with Crippen LogP contribution in [-0.2, 0) is 10.0 Å². The van der Waals surface area contributed by atoms with Crippen molar-refractivity contribution in [3.05, 3.63) is 52.6 Å². The van der Waals surface area contributed by atoms with Gasteiger partial charge in [0.2, 0.25) is 15.2 Å². The van der Waals surface area contributed by atoms with Crippen molar-refractivity contribution in [2.24, 2.45) is 0 Å². The summed E-state index contributed by atoms with van der Waals surface area (Å²) in [7, 11) is -2.18. The van der Waals surface area contributed by atoms with E-state index in [1.807, 2.05) is 18.2 Å². The van der Waals surface area contributed by atoms with Crippen molar-refractivity contribution in [3.63, 3.8) is 0 Å². The van der Waals surface area contributed by atoms with Gasteiger partial charge in [-0.25, -0.2) is 8.42 Å². The van der Waals surface area contributed by atoms with Crippen LogP contribution in [0.15, 0.2) is 56.6 Å². The third kappa shape index (κ3) is 4.70. The van der Waals surface area contributed by atoms with Gasteiger partial charge in [-0.2, -0.15) is 4.31 Å². The summed E-state index contributed by atoms with van der Waals surface area (Å²) in [5.41, 5.74) is 0.426. The maximum Gasteiger partial charge on any atom is 0.284 e. The number of sulfonamides is 1. The lowest BCUT2D eigenvalue weighted by Crippen LogP contribution is -2.27. The first-order valence-electron chi connectivity index (χ1n) is 9.58. The number of methoxy groups -OCH3 is 1. The molecule has 1 fully saturated rings. The molecular formula is C19H19N5O5S3. The number of hydrogen-bond donors (Lipinski definition) is 1. The van der Waals surface area contributed by atoms with Gasteiger partial charge >= 0.3 is 0 Å². The van der Waals surface area contributed by atoms with Gasteiger partial charge in [0.25, 0.3) is 5.69 Å². The molecule has 3 aromatic rings. The number of hydrogen-bond acceptors (Lipinski definition) is 10. The average Bonchev–Trinajstić information content (AvgIpc) is 3.47. The predicted molar refractivity (Wildman–Crippen MR) is 121 cm³/mol. The van der Waals surface area contributed by atoms with E-state index < -0.39 is 14.9 Å². The van der Waals surface area contributed by atoms with Gasteiger partial charge in [0.15, 0.2) is 4.34 Å². The van der Waals surface area contributed by atoms with Crippen molar-refractivity contribution in [2.45, 2.75) is 27.0 Å². The minimum Gasteiger partial charge on any atom is -0.495 e. The molecule has 0 bridgehead atoms. The maximum absolute atomic E-state index is 12.8. The van der Waals surface area contributed by atoms with Crippen molar-refractivity contribution in [3.8, 4) is 5.75 Å². The van der Waals surface area contributed by atoms with Gasteiger partial charge in [-0.05, 0) is 48.9 Å². The van der Waals surface area contributed by atoms with Gasteiger partial charge in [-0.15, -0.1) is 10.2 Å². The summed E-state index contributed by atoms with van der Waals surface area (Å²) in [6.45, 7) is 0.860. The lowest BCUT2D eigenvalue weighted by atomic mass is 10.3. The van der Waals surface area contributed by atoms with Crippen molar-refractivity contribution >= 4 is 49.6 Å². The smallest absolute Gasteiger partial charge is 0.284 e. The molecule has 1 aliphatic heterocycles. The number of nitro benzene ring substituents is 1. The van der Waals surface area contributed by atoms with Gasteiger partial charge in [-0.1, -0.05) is 23.5 Å². The average molecular weight is 494 g/mol. The molecule has 1 aromatic heterocycles. The van der Waals surface area contributed by atoms with Crippen LogP contribution in [-0.4, -0.2) is 48.0 Å². The number of para-hydroxylation sites is 2. The highest BCUT2D eigenvalue weighted by atomic mass is 32.2. The van der Waals surface area contributed by atoms with E-state index in [-0.39, 0.29) is 15.5 Å². The first kappa shape index (κ1) is 22.5. The zero-order valence-electron chi connectivity index (χ0n) is 16.9. The normalized spacial score (nSPS) is 14.4. The molecule has 0 unspecified atom stereocenters. The number of nitro groups is 1. The topological polar surface area (TPSA) is 128 Å². The number of benzene rings is 2. The molecule has 1 aliphatic rings. The molecule has 2 heterocycles. The number of anilines is 2. The zero-order valence-corrected chi connectivity index (χ0v) is 19.4. The first-order chi connectivity index (χ1) is 15.4. The Bertz CT molecular complexity index is 1240. The fourth-order valence-electron chi connectivity index (χ4n) is 3.22. The van der Waals surface area contributed by atoms with Crippen molar-refractivity contribution < 1.29 is 18.1 Å². The minimum atomic E-state index is -3.75. The van der Waals surface area contributed by atoms with Crippen molar-refractivity contribution in [1.29, 1.82) is 0 Å². The number of ether oxygens (including phenoxy) is 1. The molecule has 0 atom stereocenters. The summed E-state index contributed by atoms with van der Waals surface area (Å²) in [5, 5.41) is 23.4. The van der Waals surface area contributed by atoms with Crippen LogP contribution in [0.25, 0.3) is 0 Å². The Morgan fingerprint density at radius 2 is 1.94 bits per heavy atom. The second-order valence-corrected chi connectivity index (χ2v) is 11.0. The molecule has 0 amide bonds. The van der Waals surface area contributed by atoms with Crippen LogP contribution in [0.1, 0.15) is 12.8 Å². The molecule has 0 aliphatic carbocycles. The molecule has 0 saturated carbocycles. The zero-order chi connectivity index (χ0) is 22.7. The van der Waals surface area contributed by atoms with Gasteiger partial charge < -0.3 is 10.1 Å². The number of nitrogens with one attached hydrogen (secondary N) is 1. The van der Waals surface area contributed by atoms with Crippen LogP contribution in [0.3, 0.4) is 0 Å². The molecule has 13 heteroatoms. The van der Waals surface area contributed by atoms with Crippen LogP contribution in [0.5, 0.6) is 5.75 Å². The summed E-state index contributed by atoms with van der Waals surface area (Å²) in [4.78, 5) is 11.3. The summed E-state index contributed by atoms with van der Waals surface area (Å²) in [6.07, 6.45) is 1.58. The molecule has 168 valence electrons. The number of rotatable bonds is 8. The summed E-state index contributed by atoms with van der Waals surface area (Å²) >= 11 is 2.28. The number of nitrogens with zero attached hydrogens (tertiary/aromatic N) is 4. The van der Waals surface area contributed by atoms with Crippen molar-refractivity contribution in [1.82, 2.24) is 14.5 Å². The molecule has 4 rings (SSSR count). The monoisotopic (exact) mass is 493 g/mol. The Kier molecular flexibility index (Phi) is 6.60. The van der Waals surface area contributed by atoms with Crippen LogP contribution in [0.4, 0.5) is 16.5 Å². The Morgan fingerprint density at radius 3 is 2.66 bits per heavy atom. The first-order valence-corrected chi connectivity index (χ1v) is 12.7. The highest BCUT2D eigenvalue weighted by Gasteiger charge is 2.29. The van der Waals surface area contributed by atoms with E-state index in [1.165, 1.54) is 27.8 Å². The molecule has 32 heavy (non-hydrogen) atoms. The van der Waals surface area contributed by atoms with Crippen LogP contribution >= 0.6 is 23.1 Å². The quantitative estimate of drug-likeness (QED) is 0.364. The van der Waals surface area contributed by atoms with E-state index in [1.54, 1.807) is 13.2 Å². The Balaban J connectivity index is 1.56. The summed E-state index contributed by atoms with van der Waals surface area (Å²) in [5.74, 6) is 0.641. The molecule has 0 spiro atoms. The molecular weight excluding hydrogens is 474 g/mol. The fraction of sp³-hybridized carbons (Fsp3) is 0.263. The lowest BCUT2D eigenvalue weighted by Gasteiger charge is -2.15. The molecule has 2 aromatic carbocycles. The van der Waals surface area contributed by atoms with E-state index in [2.05, 4.69) is 15.5 Å². The predicted octanol–water partition coefficient (Wildman–Crippen LogP) is 4.13. The third-order valence-corrected chi connectivity index (χ3v) is 8.63. The van der Waals surface area contributed by atoms with Gasteiger partial charge in [0.05, 0.1) is 27.5 Å². The van der Waals surface area contributed by atoms with E-state index in [0.717, 1.165) is 30.7 Å². The third-order valence-electron chi connectivity index (χ3n) is 4.78. The summed E-state index contributed by atoms with van der Waals surface area (Å²) < 4.78 is 32.7. The molecule has 1 N–H and O–H groups in total. The molecule has 0 radical (unpaired) electrons. The van der Waals surface area contributed by atoms with E-state index >= 15 is 0 Å². The Labute approximate surface area is 192 Å². The Hall–Kier alpha value is -2.74.